The van der Waals surface area contributed by atoms with Crippen molar-refractivity contribution in [2.45, 2.75) is 57.2 Å². The Hall–Kier alpha value is -3.97. The quantitative estimate of drug-likeness (QED) is 0.492. The summed E-state index contributed by atoms with van der Waals surface area (Å²) in [7, 11) is 0. The van der Waals surface area contributed by atoms with Crippen LogP contribution in [0.1, 0.15) is 57.5 Å². The molecule has 0 aromatic heterocycles. The maximum atomic E-state index is 13.8. The fourth-order valence-corrected chi connectivity index (χ4v) is 5.27. The van der Waals surface area contributed by atoms with Gasteiger partial charge >= 0.3 is 0 Å². The van der Waals surface area contributed by atoms with Crippen molar-refractivity contribution in [1.29, 1.82) is 0 Å². The second-order valence-corrected chi connectivity index (χ2v) is 10.00. The Kier molecular flexibility index (Phi) is 7.06. The molecule has 4 N–H and O–H groups in total. The standard InChI is InChI=1S/C30H32N4O3/c1-19-8-7-11-22(16-19)30(37)34-26-15-14-21(28(35)32-24-13-6-5-12-23(24)31)18-25(26)33-29(36)27(34)17-20-9-3-2-4-10-20/h2-4,7-11,14-16,18,23-24,27H,5-6,12-13,17,31H2,1H3,(H,32,35)(H,33,36). The predicted molar refractivity (Wildman–Crippen MR) is 145 cm³/mol. The summed E-state index contributed by atoms with van der Waals surface area (Å²) in [5.41, 5.74) is 10.1. The van der Waals surface area contributed by atoms with E-state index in [-0.39, 0.29) is 29.8 Å². The largest absolute Gasteiger partial charge is 0.348 e. The first-order valence-electron chi connectivity index (χ1n) is 12.9. The maximum Gasteiger partial charge on any atom is 0.259 e. The van der Waals surface area contributed by atoms with Gasteiger partial charge in [0, 0.05) is 29.6 Å². The fourth-order valence-electron chi connectivity index (χ4n) is 5.27. The summed E-state index contributed by atoms with van der Waals surface area (Å²) >= 11 is 0. The molecule has 3 aromatic rings. The molecule has 0 saturated heterocycles. The molecule has 2 aliphatic rings. The number of nitrogens with two attached hydrogens (primary N) is 1. The molecule has 1 heterocycles. The van der Waals surface area contributed by atoms with Gasteiger partial charge in [0.05, 0.1) is 11.4 Å². The maximum absolute atomic E-state index is 13.8. The molecule has 3 amide bonds. The SMILES string of the molecule is Cc1cccc(C(=O)N2c3ccc(C(=O)NC4CCCCC4N)cc3NC(=O)C2Cc2ccccc2)c1. The average molecular weight is 497 g/mol. The van der Waals surface area contributed by atoms with E-state index in [1.54, 1.807) is 29.2 Å². The van der Waals surface area contributed by atoms with Crippen LogP contribution in [0.5, 0.6) is 0 Å². The average Bonchev–Trinajstić information content (AvgIpc) is 2.90. The van der Waals surface area contributed by atoms with Crippen LogP contribution in [0.2, 0.25) is 0 Å². The summed E-state index contributed by atoms with van der Waals surface area (Å²) in [4.78, 5) is 41.8. The minimum atomic E-state index is -0.733. The van der Waals surface area contributed by atoms with Crippen molar-refractivity contribution in [3.05, 3.63) is 95.1 Å². The van der Waals surface area contributed by atoms with Crippen LogP contribution in [0.15, 0.2) is 72.8 Å². The lowest BCUT2D eigenvalue weighted by molar-refractivity contribution is -0.117. The number of hydrogen-bond acceptors (Lipinski definition) is 4. The van der Waals surface area contributed by atoms with Crippen LogP contribution >= 0.6 is 0 Å². The summed E-state index contributed by atoms with van der Waals surface area (Å²) < 4.78 is 0. The van der Waals surface area contributed by atoms with Gasteiger partial charge in [-0.05, 0) is 55.7 Å². The monoisotopic (exact) mass is 496 g/mol. The zero-order valence-corrected chi connectivity index (χ0v) is 20.9. The zero-order chi connectivity index (χ0) is 25.9. The Morgan fingerprint density at radius 2 is 1.76 bits per heavy atom. The Bertz CT molecular complexity index is 1320. The molecular weight excluding hydrogens is 464 g/mol. The third kappa shape index (κ3) is 5.27. The van der Waals surface area contributed by atoms with Gasteiger partial charge in [-0.25, -0.2) is 0 Å². The van der Waals surface area contributed by atoms with E-state index in [4.69, 9.17) is 5.73 Å². The van der Waals surface area contributed by atoms with Crippen LogP contribution in [0.3, 0.4) is 0 Å². The van der Waals surface area contributed by atoms with Crippen LogP contribution in [0, 0.1) is 6.92 Å². The third-order valence-electron chi connectivity index (χ3n) is 7.28. The first kappa shape index (κ1) is 24.7. The normalized spacial score (nSPS) is 21.1. The van der Waals surface area contributed by atoms with E-state index in [2.05, 4.69) is 10.6 Å². The highest BCUT2D eigenvalue weighted by molar-refractivity contribution is 6.17. The molecule has 0 bridgehead atoms. The summed E-state index contributed by atoms with van der Waals surface area (Å²) in [6.07, 6.45) is 4.23. The number of amides is 3. The molecule has 0 radical (unpaired) electrons. The molecule has 5 rings (SSSR count). The van der Waals surface area contributed by atoms with Gasteiger partial charge in [0.1, 0.15) is 6.04 Å². The van der Waals surface area contributed by atoms with Gasteiger partial charge in [0.15, 0.2) is 0 Å². The molecule has 37 heavy (non-hydrogen) atoms. The van der Waals surface area contributed by atoms with Gasteiger partial charge < -0.3 is 16.4 Å². The minimum Gasteiger partial charge on any atom is -0.348 e. The number of carbonyl (C=O) groups excluding carboxylic acids is 3. The lowest BCUT2D eigenvalue weighted by Crippen LogP contribution is -2.52. The molecule has 1 aliphatic heterocycles. The number of benzene rings is 3. The van der Waals surface area contributed by atoms with Crippen molar-refractivity contribution in [3.8, 4) is 0 Å². The lowest BCUT2D eigenvalue weighted by atomic mass is 9.91. The number of nitrogens with one attached hydrogen (secondary N) is 2. The van der Waals surface area contributed by atoms with E-state index in [0.717, 1.165) is 36.8 Å². The topological polar surface area (TPSA) is 105 Å². The Labute approximate surface area is 217 Å². The molecule has 190 valence electrons. The first-order valence-corrected chi connectivity index (χ1v) is 12.9. The molecule has 1 fully saturated rings. The number of aryl methyl sites for hydroxylation is 1. The first-order chi connectivity index (χ1) is 17.9. The zero-order valence-electron chi connectivity index (χ0n) is 20.9. The van der Waals surface area contributed by atoms with E-state index in [0.29, 0.717) is 28.9 Å². The lowest BCUT2D eigenvalue weighted by Gasteiger charge is -2.37. The smallest absolute Gasteiger partial charge is 0.259 e. The van der Waals surface area contributed by atoms with Crippen LogP contribution in [-0.2, 0) is 11.2 Å². The summed E-state index contributed by atoms with van der Waals surface area (Å²) in [5.74, 6) is -0.780. The fraction of sp³-hybridized carbons (Fsp3) is 0.300. The van der Waals surface area contributed by atoms with Gasteiger partial charge in [-0.1, -0.05) is 60.9 Å². The predicted octanol–water partition coefficient (Wildman–Crippen LogP) is 4.20. The van der Waals surface area contributed by atoms with Gasteiger partial charge in [-0.15, -0.1) is 0 Å². The Morgan fingerprint density at radius 1 is 0.973 bits per heavy atom. The van der Waals surface area contributed by atoms with Crippen molar-refractivity contribution in [1.82, 2.24) is 5.32 Å². The molecular formula is C30H32N4O3. The number of nitrogens with zero attached hydrogens (tertiary/aromatic N) is 1. The van der Waals surface area contributed by atoms with Crippen molar-refractivity contribution in [2.75, 3.05) is 10.2 Å². The van der Waals surface area contributed by atoms with Crippen LogP contribution < -0.4 is 21.3 Å². The van der Waals surface area contributed by atoms with E-state index in [1.807, 2.05) is 55.5 Å². The second kappa shape index (κ2) is 10.6. The number of fused-ring (bicyclic) bond motifs is 1. The molecule has 1 aliphatic carbocycles. The molecule has 7 heteroatoms. The van der Waals surface area contributed by atoms with E-state index >= 15 is 0 Å². The third-order valence-corrected chi connectivity index (χ3v) is 7.28. The minimum absolute atomic E-state index is 0.0591. The molecule has 3 unspecified atom stereocenters. The highest BCUT2D eigenvalue weighted by Crippen LogP contribution is 2.35. The number of carbonyl (C=O) groups is 3. The summed E-state index contributed by atoms with van der Waals surface area (Å²) in [6, 6.07) is 21.2. The van der Waals surface area contributed by atoms with Crippen molar-refractivity contribution in [3.63, 3.8) is 0 Å². The van der Waals surface area contributed by atoms with Gasteiger partial charge in [0.2, 0.25) is 5.91 Å². The van der Waals surface area contributed by atoms with Gasteiger partial charge in [-0.3, -0.25) is 19.3 Å². The van der Waals surface area contributed by atoms with E-state index < -0.39 is 6.04 Å². The highest BCUT2D eigenvalue weighted by Gasteiger charge is 2.38. The number of rotatable bonds is 5. The van der Waals surface area contributed by atoms with E-state index in [1.165, 1.54) is 0 Å². The number of hydrogen-bond donors (Lipinski definition) is 3. The highest BCUT2D eigenvalue weighted by atomic mass is 16.2. The van der Waals surface area contributed by atoms with Crippen LogP contribution in [0.4, 0.5) is 11.4 Å². The van der Waals surface area contributed by atoms with Crippen molar-refractivity contribution < 1.29 is 14.4 Å². The van der Waals surface area contributed by atoms with E-state index in [9.17, 15) is 14.4 Å². The molecule has 7 nitrogen and oxygen atoms in total. The summed E-state index contributed by atoms with van der Waals surface area (Å²) in [6.45, 7) is 1.93. The van der Waals surface area contributed by atoms with Crippen LogP contribution in [0.25, 0.3) is 0 Å². The second-order valence-electron chi connectivity index (χ2n) is 10.00. The van der Waals surface area contributed by atoms with Crippen molar-refractivity contribution in [2.24, 2.45) is 5.73 Å². The van der Waals surface area contributed by atoms with Crippen LogP contribution in [-0.4, -0.2) is 35.8 Å². The molecule has 3 aromatic carbocycles. The van der Waals surface area contributed by atoms with Gasteiger partial charge in [-0.2, -0.15) is 0 Å². The molecule has 0 spiro atoms. The molecule has 3 atom stereocenters. The Balaban J connectivity index is 1.49. The van der Waals surface area contributed by atoms with Crippen molar-refractivity contribution >= 4 is 29.1 Å². The van der Waals surface area contributed by atoms with Gasteiger partial charge in [0.25, 0.3) is 11.8 Å². The Morgan fingerprint density at radius 3 is 2.51 bits per heavy atom. The summed E-state index contributed by atoms with van der Waals surface area (Å²) in [5, 5.41) is 6.00. The molecule has 1 saturated carbocycles. The number of anilines is 2.